The normalized spacial score (nSPS) is 15.2. The van der Waals surface area contributed by atoms with Crippen molar-refractivity contribution in [2.75, 3.05) is 0 Å². The van der Waals surface area contributed by atoms with Crippen molar-refractivity contribution >= 4 is 27.7 Å². The van der Waals surface area contributed by atoms with Gasteiger partial charge in [-0.25, -0.2) is 4.79 Å². The lowest BCUT2D eigenvalue weighted by molar-refractivity contribution is 0.101. The summed E-state index contributed by atoms with van der Waals surface area (Å²) in [6, 6.07) is 14.5. The van der Waals surface area contributed by atoms with Crippen molar-refractivity contribution in [3.05, 3.63) is 81.4 Å². The third kappa shape index (κ3) is 3.00. The molecular weight excluding hydrogens is 364 g/mol. The Kier molecular flexibility index (Phi) is 4.35. The molecule has 0 atom stereocenters. The highest BCUT2D eigenvalue weighted by molar-refractivity contribution is 6.14. The Morgan fingerprint density at radius 2 is 1.72 bits per heavy atom. The second-order valence-electron chi connectivity index (χ2n) is 7.94. The summed E-state index contributed by atoms with van der Waals surface area (Å²) in [6.45, 7) is 1.90. The Morgan fingerprint density at radius 3 is 2.48 bits per heavy atom. The second-order valence-corrected chi connectivity index (χ2v) is 7.94. The van der Waals surface area contributed by atoms with E-state index in [1.54, 1.807) is 0 Å². The number of hydrogen-bond acceptors (Lipinski definition) is 4. The monoisotopic (exact) mass is 386 g/mol. The molecule has 1 fully saturated rings. The van der Waals surface area contributed by atoms with Gasteiger partial charge in [0.25, 0.3) is 0 Å². The summed E-state index contributed by atoms with van der Waals surface area (Å²) in [6.07, 6.45) is 5.49. The molecule has 0 spiro atoms. The van der Waals surface area contributed by atoms with Crippen LogP contribution in [0.2, 0.25) is 0 Å². The zero-order valence-electron chi connectivity index (χ0n) is 16.4. The minimum atomic E-state index is -0.380. The zero-order valence-corrected chi connectivity index (χ0v) is 16.4. The van der Waals surface area contributed by atoms with Crippen LogP contribution in [-0.2, 0) is 0 Å². The summed E-state index contributed by atoms with van der Waals surface area (Å²) >= 11 is 0. The first-order chi connectivity index (χ1) is 14.1. The molecule has 1 aliphatic carbocycles. The lowest BCUT2D eigenvalue weighted by atomic mass is 9.81. The molecule has 2 aromatic carbocycles. The Hall–Kier alpha value is -3.14. The van der Waals surface area contributed by atoms with Crippen LogP contribution in [0.4, 0.5) is 0 Å². The predicted octanol–water partition coefficient (Wildman–Crippen LogP) is 6.13. The van der Waals surface area contributed by atoms with Crippen LogP contribution in [-0.4, -0.2) is 5.78 Å². The van der Waals surface area contributed by atoms with Crippen molar-refractivity contribution < 1.29 is 13.6 Å². The van der Waals surface area contributed by atoms with Gasteiger partial charge in [-0.2, -0.15) is 0 Å². The molecule has 4 aromatic rings. The maximum Gasteiger partial charge on any atom is 0.336 e. The maximum atomic E-state index is 13.4. The Bertz CT molecular complexity index is 1270. The fraction of sp³-hybridized carbons (Fsp3) is 0.280. The van der Waals surface area contributed by atoms with Crippen molar-refractivity contribution in [2.45, 2.75) is 44.9 Å². The number of benzene rings is 2. The van der Waals surface area contributed by atoms with E-state index >= 15 is 0 Å². The first-order valence-electron chi connectivity index (χ1n) is 10.2. The molecular formula is C25H22O4. The van der Waals surface area contributed by atoms with E-state index in [9.17, 15) is 9.59 Å². The molecule has 0 N–H and O–H groups in total. The summed E-state index contributed by atoms with van der Waals surface area (Å²) in [7, 11) is 0. The lowest BCUT2D eigenvalue weighted by Gasteiger charge is -2.22. The highest BCUT2D eigenvalue weighted by atomic mass is 16.4. The van der Waals surface area contributed by atoms with Crippen molar-refractivity contribution in [3.8, 4) is 0 Å². The smallest absolute Gasteiger partial charge is 0.336 e. The molecule has 2 heterocycles. The molecule has 0 saturated heterocycles. The van der Waals surface area contributed by atoms with Crippen molar-refractivity contribution in [1.29, 1.82) is 0 Å². The van der Waals surface area contributed by atoms with E-state index in [0.717, 1.165) is 47.6 Å². The standard InChI is InChI=1S/C25H22O4/c1-15-14-20(26)29-24-18(15)12-13-19-22(24)21(16-8-4-2-5-9-16)25(28-19)23(27)17-10-6-3-7-11-17/h3,6-7,10-14,16H,2,4-5,8-9H2,1H3. The molecule has 0 amide bonds. The molecule has 146 valence electrons. The first-order valence-corrected chi connectivity index (χ1v) is 10.2. The van der Waals surface area contributed by atoms with Crippen molar-refractivity contribution in [3.63, 3.8) is 0 Å². The van der Waals surface area contributed by atoms with E-state index < -0.39 is 0 Å². The molecule has 0 radical (unpaired) electrons. The number of fused-ring (bicyclic) bond motifs is 3. The van der Waals surface area contributed by atoms with Crippen molar-refractivity contribution in [2.24, 2.45) is 0 Å². The zero-order chi connectivity index (χ0) is 20.0. The topological polar surface area (TPSA) is 60.4 Å². The number of furan rings is 1. The van der Waals surface area contributed by atoms with Gasteiger partial charge in [-0.05, 0) is 43.4 Å². The molecule has 5 rings (SSSR count). The van der Waals surface area contributed by atoms with Gasteiger partial charge in [0, 0.05) is 22.6 Å². The third-order valence-corrected chi connectivity index (χ3v) is 6.06. The fourth-order valence-electron chi connectivity index (χ4n) is 4.65. The molecule has 1 saturated carbocycles. The van der Waals surface area contributed by atoms with Crippen molar-refractivity contribution in [1.82, 2.24) is 0 Å². The Balaban J connectivity index is 1.84. The third-order valence-electron chi connectivity index (χ3n) is 6.06. The highest BCUT2D eigenvalue weighted by Gasteiger charge is 2.30. The van der Waals surface area contributed by atoms with Gasteiger partial charge in [-0.3, -0.25) is 4.79 Å². The van der Waals surface area contributed by atoms with Crippen LogP contribution in [0.1, 0.15) is 65.3 Å². The number of rotatable bonds is 3. The molecule has 4 nitrogen and oxygen atoms in total. The first kappa shape index (κ1) is 17.9. The maximum absolute atomic E-state index is 13.4. The number of ketones is 1. The van der Waals surface area contributed by atoms with Crippen LogP contribution in [0.15, 0.2) is 62.2 Å². The van der Waals surface area contributed by atoms with E-state index in [1.807, 2.05) is 49.4 Å². The van der Waals surface area contributed by atoms with Gasteiger partial charge in [-0.15, -0.1) is 0 Å². The van der Waals surface area contributed by atoms with Crippen LogP contribution in [0.3, 0.4) is 0 Å². The van der Waals surface area contributed by atoms with Gasteiger partial charge in [0.1, 0.15) is 11.2 Å². The molecule has 2 aromatic heterocycles. The molecule has 0 unspecified atom stereocenters. The average Bonchev–Trinajstić information content (AvgIpc) is 3.14. The van der Waals surface area contributed by atoms with E-state index in [1.165, 1.54) is 12.5 Å². The van der Waals surface area contributed by atoms with Gasteiger partial charge < -0.3 is 8.83 Å². The molecule has 0 bridgehead atoms. The van der Waals surface area contributed by atoms with Gasteiger partial charge in [0.2, 0.25) is 5.78 Å². The number of carbonyl (C=O) groups is 1. The van der Waals surface area contributed by atoms with E-state index in [4.69, 9.17) is 8.83 Å². The summed E-state index contributed by atoms with van der Waals surface area (Å²) in [5.74, 6) is 0.490. The Morgan fingerprint density at radius 1 is 0.966 bits per heavy atom. The molecule has 29 heavy (non-hydrogen) atoms. The number of hydrogen-bond donors (Lipinski definition) is 0. The summed E-state index contributed by atoms with van der Waals surface area (Å²) in [5.41, 5.74) is 3.13. The minimum Gasteiger partial charge on any atom is -0.452 e. The minimum absolute atomic E-state index is 0.120. The van der Waals surface area contributed by atoms with Crippen LogP contribution in [0.25, 0.3) is 21.9 Å². The van der Waals surface area contributed by atoms with Crippen LogP contribution in [0.5, 0.6) is 0 Å². The molecule has 4 heteroatoms. The van der Waals surface area contributed by atoms with Gasteiger partial charge in [0.15, 0.2) is 5.76 Å². The van der Waals surface area contributed by atoms with Crippen LogP contribution in [0, 0.1) is 6.92 Å². The summed E-state index contributed by atoms with van der Waals surface area (Å²) in [4.78, 5) is 25.5. The van der Waals surface area contributed by atoms with Gasteiger partial charge in [0.05, 0.1) is 5.39 Å². The quantitative estimate of drug-likeness (QED) is 0.314. The number of aryl methyl sites for hydroxylation is 1. The number of carbonyl (C=O) groups excluding carboxylic acids is 1. The fourth-order valence-corrected chi connectivity index (χ4v) is 4.65. The van der Waals surface area contributed by atoms with Gasteiger partial charge in [-0.1, -0.05) is 49.6 Å². The van der Waals surface area contributed by atoms with Gasteiger partial charge >= 0.3 is 5.63 Å². The van der Waals surface area contributed by atoms with Crippen LogP contribution >= 0.6 is 0 Å². The highest BCUT2D eigenvalue weighted by Crippen LogP contribution is 2.43. The lowest BCUT2D eigenvalue weighted by Crippen LogP contribution is -2.10. The molecule has 0 aliphatic heterocycles. The van der Waals surface area contributed by atoms with Crippen LogP contribution < -0.4 is 5.63 Å². The second kappa shape index (κ2) is 7.03. The van der Waals surface area contributed by atoms with E-state index in [-0.39, 0.29) is 17.3 Å². The molecule has 1 aliphatic rings. The summed E-state index contributed by atoms with van der Waals surface area (Å²) < 4.78 is 11.8. The average molecular weight is 386 g/mol. The largest absolute Gasteiger partial charge is 0.452 e. The Labute approximate surface area is 168 Å². The summed E-state index contributed by atoms with van der Waals surface area (Å²) in [5, 5.41) is 1.67. The van der Waals surface area contributed by atoms with E-state index in [2.05, 4.69) is 0 Å². The SMILES string of the molecule is Cc1cc(=O)oc2c1ccc1oc(C(=O)c3ccccc3)c(C3CCCCC3)c12. The predicted molar refractivity (Wildman–Crippen MR) is 113 cm³/mol. The van der Waals surface area contributed by atoms with E-state index in [0.29, 0.717) is 22.5 Å².